The lowest BCUT2D eigenvalue weighted by molar-refractivity contribution is 0.112. The van der Waals surface area contributed by atoms with Crippen molar-refractivity contribution in [3.8, 4) is 0 Å². The van der Waals surface area contributed by atoms with Crippen LogP contribution in [0.5, 0.6) is 0 Å². The van der Waals surface area contributed by atoms with E-state index >= 15 is 0 Å². The molecule has 2 nitrogen and oxygen atoms in total. The lowest BCUT2D eigenvalue weighted by Gasteiger charge is -2.38. The van der Waals surface area contributed by atoms with E-state index in [4.69, 9.17) is 5.11 Å². The van der Waals surface area contributed by atoms with Gasteiger partial charge in [0, 0.05) is 18.8 Å². The van der Waals surface area contributed by atoms with Crippen molar-refractivity contribution in [1.82, 2.24) is 0 Å². The largest absolute Gasteiger partial charge is 0.393 e. The fraction of sp³-hybridized carbons (Fsp3) is 0.647. The van der Waals surface area contributed by atoms with E-state index in [0.717, 1.165) is 31.8 Å². The van der Waals surface area contributed by atoms with E-state index in [1.807, 2.05) is 0 Å². The minimum absolute atomic E-state index is 0.0344. The summed E-state index contributed by atoms with van der Waals surface area (Å²) in [5.74, 6) is 0.766. The molecule has 2 fully saturated rings. The molecule has 0 bridgehead atoms. The number of aliphatic hydroxyl groups excluding tert-OH is 1. The summed E-state index contributed by atoms with van der Waals surface area (Å²) in [6.45, 7) is 1.49. The number of rotatable bonds is 4. The van der Waals surface area contributed by atoms with E-state index in [-0.39, 0.29) is 12.5 Å². The molecule has 3 rings (SSSR count). The highest BCUT2D eigenvalue weighted by Gasteiger charge is 2.29. The van der Waals surface area contributed by atoms with E-state index in [2.05, 4.69) is 29.2 Å². The Morgan fingerprint density at radius 3 is 2.45 bits per heavy atom. The molecule has 1 aromatic rings. The molecule has 1 aliphatic heterocycles. The normalized spacial score (nSPS) is 22.6. The molecule has 1 saturated heterocycles. The summed E-state index contributed by atoms with van der Waals surface area (Å²) < 4.78 is 13.5. The van der Waals surface area contributed by atoms with Gasteiger partial charge >= 0.3 is 0 Å². The average molecular weight is 277 g/mol. The molecule has 1 N–H and O–H groups in total. The monoisotopic (exact) mass is 277 g/mol. The lowest BCUT2D eigenvalue weighted by atomic mass is 9.79. The molecule has 0 amide bonds. The quantitative estimate of drug-likeness (QED) is 0.910. The Balaban J connectivity index is 1.69. The predicted octanol–water partition coefficient (Wildman–Crippen LogP) is 3.50. The highest BCUT2D eigenvalue weighted by molar-refractivity contribution is 5.56. The van der Waals surface area contributed by atoms with Gasteiger partial charge in [-0.25, -0.2) is 4.39 Å². The number of para-hydroxylation sites is 1. The number of alkyl halides is 1. The first-order valence-electron chi connectivity index (χ1n) is 7.88. The summed E-state index contributed by atoms with van der Waals surface area (Å²) in [6.07, 6.45) is 4.62. The third kappa shape index (κ3) is 2.69. The second-order valence-corrected chi connectivity index (χ2v) is 6.21. The Hall–Kier alpha value is -1.09. The number of aliphatic hydroxyl groups is 1. The minimum Gasteiger partial charge on any atom is -0.393 e. The van der Waals surface area contributed by atoms with Crippen molar-refractivity contribution in [1.29, 1.82) is 0 Å². The van der Waals surface area contributed by atoms with Gasteiger partial charge in [-0.15, -0.1) is 0 Å². The highest BCUT2D eigenvalue weighted by atomic mass is 19.1. The van der Waals surface area contributed by atoms with Crippen LogP contribution in [0, 0.1) is 5.92 Å². The van der Waals surface area contributed by atoms with Crippen molar-refractivity contribution in [2.45, 2.75) is 44.2 Å². The SMILES string of the molecule is OCC(F)C1CCN(c2ccccc2C2CCC2)CC1. The molecule has 0 aromatic heterocycles. The van der Waals surface area contributed by atoms with Gasteiger partial charge in [0.2, 0.25) is 0 Å². The molecular weight excluding hydrogens is 253 g/mol. The van der Waals surface area contributed by atoms with Gasteiger partial charge in [-0.2, -0.15) is 0 Å². The van der Waals surface area contributed by atoms with Gasteiger partial charge in [-0.3, -0.25) is 0 Å². The number of hydrogen-bond acceptors (Lipinski definition) is 2. The zero-order chi connectivity index (χ0) is 13.9. The average Bonchev–Trinajstić information content (AvgIpc) is 2.45. The number of anilines is 1. The molecule has 20 heavy (non-hydrogen) atoms. The van der Waals surface area contributed by atoms with E-state index in [0.29, 0.717) is 0 Å². The molecule has 0 spiro atoms. The number of halogens is 1. The van der Waals surface area contributed by atoms with Gasteiger partial charge in [0.1, 0.15) is 6.17 Å². The van der Waals surface area contributed by atoms with Crippen LogP contribution in [0.2, 0.25) is 0 Å². The fourth-order valence-corrected chi connectivity index (χ4v) is 3.49. The summed E-state index contributed by atoms with van der Waals surface area (Å²) in [5.41, 5.74) is 2.84. The molecule has 0 radical (unpaired) electrons. The molecule has 1 aromatic carbocycles. The van der Waals surface area contributed by atoms with Crippen molar-refractivity contribution < 1.29 is 9.50 Å². The van der Waals surface area contributed by atoms with E-state index < -0.39 is 6.17 Å². The topological polar surface area (TPSA) is 23.5 Å². The van der Waals surface area contributed by atoms with Crippen LogP contribution in [-0.4, -0.2) is 31.0 Å². The number of nitrogens with zero attached hydrogens (tertiary/aromatic N) is 1. The molecule has 110 valence electrons. The van der Waals surface area contributed by atoms with Crippen LogP contribution in [0.25, 0.3) is 0 Å². The van der Waals surface area contributed by atoms with Crippen molar-refractivity contribution in [3.05, 3.63) is 29.8 Å². The molecule has 1 unspecified atom stereocenters. The second kappa shape index (κ2) is 6.13. The number of benzene rings is 1. The summed E-state index contributed by atoms with van der Waals surface area (Å²) in [4.78, 5) is 2.41. The van der Waals surface area contributed by atoms with Gasteiger partial charge in [-0.1, -0.05) is 24.6 Å². The Kier molecular flexibility index (Phi) is 4.25. The Morgan fingerprint density at radius 2 is 1.85 bits per heavy atom. The standard InChI is InChI=1S/C17H24FNO/c18-16(12-20)14-8-10-19(11-9-14)17-7-2-1-6-15(17)13-4-3-5-13/h1-2,6-7,13-14,16,20H,3-5,8-12H2. The first-order valence-corrected chi connectivity index (χ1v) is 7.88. The Labute approximate surface area is 120 Å². The number of hydrogen-bond donors (Lipinski definition) is 1. The summed E-state index contributed by atoms with van der Waals surface area (Å²) in [7, 11) is 0. The summed E-state index contributed by atoms with van der Waals surface area (Å²) in [5, 5.41) is 8.94. The van der Waals surface area contributed by atoms with Crippen molar-refractivity contribution in [2.75, 3.05) is 24.6 Å². The van der Waals surface area contributed by atoms with Crippen molar-refractivity contribution in [3.63, 3.8) is 0 Å². The van der Waals surface area contributed by atoms with Crippen molar-refractivity contribution in [2.24, 2.45) is 5.92 Å². The third-order valence-electron chi connectivity index (χ3n) is 5.05. The molecule has 1 heterocycles. The molecule has 2 aliphatic rings. The highest BCUT2D eigenvalue weighted by Crippen LogP contribution is 2.41. The fourth-order valence-electron chi connectivity index (χ4n) is 3.49. The zero-order valence-electron chi connectivity index (χ0n) is 12.0. The van der Waals surface area contributed by atoms with Crippen LogP contribution in [0.3, 0.4) is 0 Å². The molecule has 3 heteroatoms. The van der Waals surface area contributed by atoms with Crippen molar-refractivity contribution >= 4 is 5.69 Å². The van der Waals surface area contributed by atoms with Crippen LogP contribution in [0.1, 0.15) is 43.6 Å². The van der Waals surface area contributed by atoms with Gasteiger partial charge < -0.3 is 10.0 Å². The third-order valence-corrected chi connectivity index (χ3v) is 5.05. The van der Waals surface area contributed by atoms with Gasteiger partial charge in [0.25, 0.3) is 0 Å². The van der Waals surface area contributed by atoms with Crippen LogP contribution >= 0.6 is 0 Å². The lowest BCUT2D eigenvalue weighted by Crippen LogP contribution is -2.38. The zero-order valence-corrected chi connectivity index (χ0v) is 12.0. The summed E-state index contributed by atoms with van der Waals surface area (Å²) in [6, 6.07) is 8.71. The minimum atomic E-state index is -1.04. The smallest absolute Gasteiger partial charge is 0.126 e. The van der Waals surface area contributed by atoms with Gasteiger partial charge in [0.15, 0.2) is 0 Å². The second-order valence-electron chi connectivity index (χ2n) is 6.21. The molecule has 1 saturated carbocycles. The first-order chi connectivity index (χ1) is 9.79. The van der Waals surface area contributed by atoms with E-state index in [9.17, 15) is 4.39 Å². The van der Waals surface area contributed by atoms with E-state index in [1.165, 1.54) is 30.5 Å². The molecule has 1 aliphatic carbocycles. The van der Waals surface area contributed by atoms with Crippen LogP contribution < -0.4 is 4.90 Å². The predicted molar refractivity (Wildman–Crippen MR) is 80.0 cm³/mol. The van der Waals surface area contributed by atoms with Crippen LogP contribution in [-0.2, 0) is 0 Å². The van der Waals surface area contributed by atoms with Gasteiger partial charge in [0.05, 0.1) is 6.61 Å². The molecule has 1 atom stereocenters. The van der Waals surface area contributed by atoms with Gasteiger partial charge in [-0.05, 0) is 49.1 Å². The molecular formula is C17H24FNO. The maximum absolute atomic E-state index is 13.5. The van der Waals surface area contributed by atoms with Crippen LogP contribution in [0.15, 0.2) is 24.3 Å². The number of piperidine rings is 1. The maximum atomic E-state index is 13.5. The maximum Gasteiger partial charge on any atom is 0.126 e. The van der Waals surface area contributed by atoms with E-state index in [1.54, 1.807) is 0 Å². The first kappa shape index (κ1) is 13.9. The Morgan fingerprint density at radius 1 is 1.15 bits per heavy atom. The Bertz CT molecular complexity index is 438. The summed E-state index contributed by atoms with van der Waals surface area (Å²) >= 11 is 0. The van der Waals surface area contributed by atoms with Crippen LogP contribution in [0.4, 0.5) is 10.1 Å².